The minimum absolute atomic E-state index is 0.0409. The van der Waals surface area contributed by atoms with Crippen LogP contribution in [0.3, 0.4) is 0 Å². The molecular weight excluding hydrogens is 398 g/mol. The van der Waals surface area contributed by atoms with E-state index in [1.165, 1.54) is 18.2 Å². The third-order valence-corrected chi connectivity index (χ3v) is 3.64. The molecule has 0 bridgehead atoms. The van der Waals surface area contributed by atoms with Crippen LogP contribution in [0.5, 0.6) is 5.75 Å². The molecule has 160 valence electrons. The Morgan fingerprint density at radius 1 is 1.00 bits per heavy atom. The maximum absolute atomic E-state index is 13.1. The number of hydrogen-bond acceptors (Lipinski definition) is 5. The Hall–Kier alpha value is -3.49. The van der Waals surface area contributed by atoms with Gasteiger partial charge in [-0.1, -0.05) is 19.9 Å². The lowest BCUT2D eigenvalue weighted by Gasteiger charge is -2.10. The Labute approximate surface area is 172 Å². The molecule has 2 N–H and O–H groups in total. The number of hydrogen-bond donors (Lipinski definition) is 2. The number of esters is 1. The summed E-state index contributed by atoms with van der Waals surface area (Å²) in [5.74, 6) is -3.39. The van der Waals surface area contributed by atoms with Crippen LogP contribution in [0.4, 0.5) is 14.5 Å². The molecule has 0 aliphatic heterocycles. The molecule has 2 rings (SSSR count). The number of carbonyl (C=O) groups is 3. The van der Waals surface area contributed by atoms with Gasteiger partial charge in [0.25, 0.3) is 5.91 Å². The standard InChI is InChI=1S/C21H22F2N2O5/c1-13(2)11-29-16-5-3-4-14(8-16)21(28)30-12-20(27)24-10-19(26)25-15-6-7-17(22)18(23)9-15/h3-9,13H,10-12H2,1-2H3,(H,24,27)(H,25,26). The van der Waals surface area contributed by atoms with E-state index in [1.807, 2.05) is 13.8 Å². The van der Waals surface area contributed by atoms with Crippen LogP contribution in [0.15, 0.2) is 42.5 Å². The van der Waals surface area contributed by atoms with Gasteiger partial charge in [0, 0.05) is 11.8 Å². The molecule has 0 aromatic heterocycles. The summed E-state index contributed by atoms with van der Waals surface area (Å²) in [6.07, 6.45) is 0. The minimum Gasteiger partial charge on any atom is -0.493 e. The van der Waals surface area contributed by atoms with Gasteiger partial charge in [-0.05, 0) is 36.2 Å². The van der Waals surface area contributed by atoms with Crippen LogP contribution in [-0.2, 0) is 14.3 Å². The average molecular weight is 420 g/mol. The topological polar surface area (TPSA) is 93.7 Å². The smallest absolute Gasteiger partial charge is 0.338 e. The minimum atomic E-state index is -1.11. The second kappa shape index (κ2) is 10.9. The van der Waals surface area contributed by atoms with E-state index < -0.39 is 42.6 Å². The van der Waals surface area contributed by atoms with Crippen molar-refractivity contribution < 1.29 is 32.6 Å². The normalized spacial score (nSPS) is 10.4. The van der Waals surface area contributed by atoms with Crippen molar-refractivity contribution >= 4 is 23.5 Å². The third-order valence-electron chi connectivity index (χ3n) is 3.64. The number of benzene rings is 2. The van der Waals surface area contributed by atoms with Crippen molar-refractivity contribution in [3.05, 3.63) is 59.7 Å². The van der Waals surface area contributed by atoms with Crippen molar-refractivity contribution in [2.75, 3.05) is 25.1 Å². The number of carbonyl (C=O) groups excluding carboxylic acids is 3. The second-order valence-electron chi connectivity index (χ2n) is 6.76. The predicted molar refractivity (Wildman–Crippen MR) is 105 cm³/mol. The Morgan fingerprint density at radius 2 is 1.77 bits per heavy atom. The van der Waals surface area contributed by atoms with Gasteiger partial charge in [0.1, 0.15) is 5.75 Å². The number of rotatable bonds is 9. The number of ether oxygens (including phenoxy) is 2. The highest BCUT2D eigenvalue weighted by atomic mass is 19.2. The van der Waals surface area contributed by atoms with Gasteiger partial charge in [0.15, 0.2) is 18.2 Å². The molecule has 0 aliphatic carbocycles. The highest BCUT2D eigenvalue weighted by Gasteiger charge is 2.13. The lowest BCUT2D eigenvalue weighted by Crippen LogP contribution is -2.35. The fourth-order valence-electron chi connectivity index (χ4n) is 2.20. The number of nitrogens with one attached hydrogen (secondary N) is 2. The quantitative estimate of drug-likeness (QED) is 0.609. The van der Waals surface area contributed by atoms with Crippen LogP contribution in [0.2, 0.25) is 0 Å². The molecule has 0 aliphatic rings. The van der Waals surface area contributed by atoms with Crippen molar-refractivity contribution in [3.8, 4) is 5.75 Å². The monoisotopic (exact) mass is 420 g/mol. The zero-order chi connectivity index (χ0) is 22.1. The number of halogens is 2. The first kappa shape index (κ1) is 22.8. The van der Waals surface area contributed by atoms with Crippen molar-refractivity contribution in [2.24, 2.45) is 5.92 Å². The van der Waals surface area contributed by atoms with Crippen molar-refractivity contribution in [2.45, 2.75) is 13.8 Å². The molecule has 0 atom stereocenters. The predicted octanol–water partition coefficient (Wildman–Crippen LogP) is 2.91. The molecule has 0 spiro atoms. The second-order valence-corrected chi connectivity index (χ2v) is 6.76. The Balaban J connectivity index is 1.76. The number of amides is 2. The Kier molecular flexibility index (Phi) is 8.28. The van der Waals surface area contributed by atoms with Gasteiger partial charge in [-0.3, -0.25) is 9.59 Å². The average Bonchev–Trinajstić information content (AvgIpc) is 2.72. The lowest BCUT2D eigenvalue weighted by atomic mass is 10.2. The van der Waals surface area contributed by atoms with Crippen molar-refractivity contribution in [3.63, 3.8) is 0 Å². The Bertz CT molecular complexity index is 918. The summed E-state index contributed by atoms with van der Waals surface area (Å²) in [5.41, 5.74) is 0.263. The first-order valence-corrected chi connectivity index (χ1v) is 9.16. The van der Waals surface area contributed by atoms with Crippen molar-refractivity contribution in [1.82, 2.24) is 5.32 Å². The summed E-state index contributed by atoms with van der Waals surface area (Å²) in [5, 5.41) is 4.56. The van der Waals surface area contributed by atoms with Crippen LogP contribution in [0.25, 0.3) is 0 Å². The summed E-state index contributed by atoms with van der Waals surface area (Å²) in [7, 11) is 0. The van der Waals surface area contributed by atoms with Crippen LogP contribution >= 0.6 is 0 Å². The van der Waals surface area contributed by atoms with Gasteiger partial charge in [-0.25, -0.2) is 13.6 Å². The zero-order valence-corrected chi connectivity index (χ0v) is 16.5. The van der Waals surface area contributed by atoms with Gasteiger partial charge in [0.05, 0.1) is 18.7 Å². The van der Waals surface area contributed by atoms with Gasteiger partial charge >= 0.3 is 5.97 Å². The van der Waals surface area contributed by atoms with Gasteiger partial charge in [-0.2, -0.15) is 0 Å². The summed E-state index contributed by atoms with van der Waals surface area (Å²) in [6.45, 7) is 3.46. The van der Waals surface area contributed by atoms with E-state index in [-0.39, 0.29) is 11.3 Å². The van der Waals surface area contributed by atoms with E-state index in [0.29, 0.717) is 18.3 Å². The summed E-state index contributed by atoms with van der Waals surface area (Å²) in [4.78, 5) is 35.6. The van der Waals surface area contributed by atoms with Crippen LogP contribution in [0, 0.1) is 17.6 Å². The first-order chi connectivity index (χ1) is 14.2. The van der Waals surface area contributed by atoms with Gasteiger partial charge in [-0.15, -0.1) is 0 Å². The van der Waals surface area contributed by atoms with Crippen LogP contribution in [0.1, 0.15) is 24.2 Å². The molecule has 0 saturated heterocycles. The molecule has 0 unspecified atom stereocenters. The third kappa shape index (κ3) is 7.50. The van der Waals surface area contributed by atoms with E-state index in [9.17, 15) is 23.2 Å². The highest BCUT2D eigenvalue weighted by molar-refractivity contribution is 5.95. The summed E-state index contributed by atoms with van der Waals surface area (Å²) in [6, 6.07) is 9.24. The molecular formula is C21H22F2N2O5. The fourth-order valence-corrected chi connectivity index (χ4v) is 2.20. The molecule has 7 nitrogen and oxygen atoms in total. The maximum Gasteiger partial charge on any atom is 0.338 e. The molecule has 2 aromatic rings. The fraction of sp³-hybridized carbons (Fsp3) is 0.286. The van der Waals surface area contributed by atoms with Crippen molar-refractivity contribution in [1.29, 1.82) is 0 Å². The summed E-state index contributed by atoms with van der Waals surface area (Å²) < 4.78 is 36.4. The van der Waals surface area contributed by atoms with Crippen LogP contribution < -0.4 is 15.4 Å². The zero-order valence-electron chi connectivity index (χ0n) is 16.5. The summed E-state index contributed by atoms with van der Waals surface area (Å²) >= 11 is 0. The van der Waals surface area contributed by atoms with E-state index in [4.69, 9.17) is 9.47 Å². The molecule has 9 heteroatoms. The lowest BCUT2D eigenvalue weighted by molar-refractivity contribution is -0.126. The van der Waals surface area contributed by atoms with Crippen LogP contribution in [-0.4, -0.2) is 37.5 Å². The molecule has 30 heavy (non-hydrogen) atoms. The van der Waals surface area contributed by atoms with E-state index >= 15 is 0 Å². The van der Waals surface area contributed by atoms with Gasteiger partial charge in [0.2, 0.25) is 5.91 Å². The van der Waals surface area contributed by atoms with Gasteiger partial charge < -0.3 is 20.1 Å². The van der Waals surface area contributed by atoms with E-state index in [2.05, 4.69) is 10.6 Å². The first-order valence-electron chi connectivity index (χ1n) is 9.16. The highest BCUT2D eigenvalue weighted by Crippen LogP contribution is 2.15. The Morgan fingerprint density at radius 3 is 2.47 bits per heavy atom. The molecule has 0 fully saturated rings. The van der Waals surface area contributed by atoms with E-state index in [0.717, 1.165) is 12.1 Å². The largest absolute Gasteiger partial charge is 0.493 e. The number of anilines is 1. The molecule has 0 saturated carbocycles. The van der Waals surface area contributed by atoms with E-state index in [1.54, 1.807) is 12.1 Å². The molecule has 0 radical (unpaired) electrons. The molecule has 2 aromatic carbocycles. The SMILES string of the molecule is CC(C)COc1cccc(C(=O)OCC(=O)NCC(=O)Nc2ccc(F)c(F)c2)c1. The molecule has 2 amide bonds. The molecule has 0 heterocycles. The maximum atomic E-state index is 13.1.